The van der Waals surface area contributed by atoms with Gasteiger partial charge in [0.15, 0.2) is 0 Å². The molecule has 0 bridgehead atoms. The van der Waals surface area contributed by atoms with E-state index in [4.69, 9.17) is 4.98 Å². The summed E-state index contributed by atoms with van der Waals surface area (Å²) in [5.41, 5.74) is 2.62. The van der Waals surface area contributed by atoms with Crippen molar-refractivity contribution in [3.63, 3.8) is 0 Å². The largest absolute Gasteiger partial charge is 0.336 e. The number of amides is 1. The second-order valence-corrected chi connectivity index (χ2v) is 9.90. The highest BCUT2D eigenvalue weighted by Gasteiger charge is 2.23. The molecule has 10 heteroatoms. The lowest BCUT2D eigenvalue weighted by Gasteiger charge is -2.34. The summed E-state index contributed by atoms with van der Waals surface area (Å²) >= 11 is 1.64. The van der Waals surface area contributed by atoms with Gasteiger partial charge < -0.3 is 4.90 Å². The first kappa shape index (κ1) is 22.6. The first-order chi connectivity index (χ1) is 15.5. The second-order valence-electron chi connectivity index (χ2n) is 7.39. The van der Waals surface area contributed by atoms with Crippen molar-refractivity contribution in [3.05, 3.63) is 71.2 Å². The molecule has 2 heterocycles. The molecule has 0 atom stereocenters. The van der Waals surface area contributed by atoms with Gasteiger partial charge in [0.2, 0.25) is 0 Å². The van der Waals surface area contributed by atoms with Crippen molar-refractivity contribution in [1.29, 1.82) is 0 Å². The van der Waals surface area contributed by atoms with Crippen molar-refractivity contribution in [2.75, 3.05) is 33.3 Å². The van der Waals surface area contributed by atoms with E-state index in [2.05, 4.69) is 27.3 Å². The zero-order valence-electron chi connectivity index (χ0n) is 17.6. The van der Waals surface area contributed by atoms with Gasteiger partial charge in [0.25, 0.3) is 15.9 Å². The van der Waals surface area contributed by atoms with Crippen LogP contribution in [-0.2, 0) is 21.4 Å². The molecule has 1 aliphatic heterocycles. The second kappa shape index (κ2) is 9.88. The Morgan fingerprint density at radius 3 is 2.41 bits per heavy atom. The van der Waals surface area contributed by atoms with Gasteiger partial charge in [0.05, 0.1) is 17.7 Å². The molecule has 2 aromatic carbocycles. The molecule has 3 aromatic rings. The van der Waals surface area contributed by atoms with Crippen molar-refractivity contribution in [1.82, 2.24) is 19.7 Å². The molecule has 32 heavy (non-hydrogen) atoms. The van der Waals surface area contributed by atoms with Crippen LogP contribution in [0.3, 0.4) is 0 Å². The number of aromatic nitrogens is 1. The molecule has 0 saturated carbocycles. The number of piperazine rings is 1. The summed E-state index contributed by atoms with van der Waals surface area (Å²) in [6, 6.07) is 16.0. The minimum Gasteiger partial charge on any atom is -0.336 e. The average Bonchev–Trinajstić information content (AvgIpc) is 3.28. The molecule has 0 aliphatic carbocycles. The number of hydrogen-bond donors (Lipinski definition) is 1. The molecule has 1 fully saturated rings. The zero-order chi connectivity index (χ0) is 22.6. The van der Waals surface area contributed by atoms with Gasteiger partial charge in [-0.3, -0.25) is 14.5 Å². The smallest absolute Gasteiger partial charge is 0.262 e. The van der Waals surface area contributed by atoms with Crippen molar-refractivity contribution in [2.24, 2.45) is 0 Å². The highest BCUT2D eigenvalue weighted by atomic mass is 32.2. The lowest BCUT2D eigenvalue weighted by molar-refractivity contribution is 0.0627. The van der Waals surface area contributed by atoms with Crippen molar-refractivity contribution >= 4 is 27.3 Å². The number of carbonyl (C=O) groups excluding carboxylic acids is 1. The number of benzene rings is 2. The third-order valence-corrected chi connectivity index (χ3v) is 7.44. The minimum atomic E-state index is -3.74. The Balaban J connectivity index is 1.32. The lowest BCUT2D eigenvalue weighted by atomic mass is 10.2. The summed E-state index contributed by atoms with van der Waals surface area (Å²) in [4.78, 5) is 28.1. The topological polar surface area (TPSA) is 91.8 Å². The molecule has 1 N–H and O–H groups in total. The molecule has 0 radical (unpaired) electrons. The van der Waals surface area contributed by atoms with Crippen LogP contribution >= 0.6 is 11.3 Å². The van der Waals surface area contributed by atoms with E-state index in [1.54, 1.807) is 16.2 Å². The van der Waals surface area contributed by atoms with E-state index >= 15 is 0 Å². The van der Waals surface area contributed by atoms with Crippen molar-refractivity contribution in [2.45, 2.75) is 11.4 Å². The number of nitrogens with one attached hydrogen (secondary N) is 1. The predicted molar refractivity (Wildman–Crippen MR) is 123 cm³/mol. The summed E-state index contributed by atoms with van der Waals surface area (Å²) in [6.07, 6.45) is 0. The van der Waals surface area contributed by atoms with E-state index in [1.807, 2.05) is 23.1 Å². The monoisotopic (exact) mass is 472 g/mol. The first-order valence-electron chi connectivity index (χ1n) is 10.1. The van der Waals surface area contributed by atoms with Crippen LogP contribution in [0.5, 0.6) is 0 Å². The third kappa shape index (κ3) is 5.22. The molecule has 1 saturated heterocycles. The Bertz CT molecular complexity index is 1160. The van der Waals surface area contributed by atoms with E-state index in [0.29, 0.717) is 18.7 Å². The number of thiazole rings is 1. The van der Waals surface area contributed by atoms with E-state index in [-0.39, 0.29) is 10.8 Å². The number of rotatable bonds is 7. The van der Waals surface area contributed by atoms with Gasteiger partial charge >= 0.3 is 0 Å². The molecule has 0 spiro atoms. The van der Waals surface area contributed by atoms with E-state index in [9.17, 15) is 13.2 Å². The molecule has 1 aliphatic rings. The average molecular weight is 473 g/mol. The minimum absolute atomic E-state index is 0.0406. The molecule has 1 aromatic heterocycles. The van der Waals surface area contributed by atoms with Gasteiger partial charge in [-0.2, -0.15) is 0 Å². The van der Waals surface area contributed by atoms with Crippen LogP contribution in [0.15, 0.2) is 64.9 Å². The Hall–Kier alpha value is -2.63. The molecule has 0 unspecified atom stereocenters. The van der Waals surface area contributed by atoms with Crippen molar-refractivity contribution < 1.29 is 18.0 Å². The third-order valence-electron chi connectivity index (χ3n) is 5.22. The van der Waals surface area contributed by atoms with Gasteiger partial charge in [0.1, 0.15) is 5.01 Å². The molecular weight excluding hydrogens is 448 g/mol. The number of hydrogen-bond acceptors (Lipinski definition) is 7. The normalized spacial score (nSPS) is 15.1. The van der Waals surface area contributed by atoms with Crippen LogP contribution in [0.25, 0.3) is 10.6 Å². The summed E-state index contributed by atoms with van der Waals surface area (Å²) in [6.45, 7) is 3.49. The maximum Gasteiger partial charge on any atom is 0.262 e. The Kier molecular flexibility index (Phi) is 6.97. The van der Waals surface area contributed by atoms with Gasteiger partial charge in [-0.25, -0.2) is 13.4 Å². The maximum absolute atomic E-state index is 12.8. The Labute approximate surface area is 191 Å². The first-order valence-corrected chi connectivity index (χ1v) is 12.5. The van der Waals surface area contributed by atoms with Crippen LogP contribution in [0.2, 0.25) is 0 Å². The van der Waals surface area contributed by atoms with E-state index < -0.39 is 10.0 Å². The molecular formula is C22H24N4O4S2. The van der Waals surface area contributed by atoms with Crippen LogP contribution in [-0.4, -0.2) is 62.4 Å². The molecule has 4 rings (SSSR count). The SMILES string of the molecule is CONS(=O)(=O)c1ccc(C(=O)N2CCN(Cc3csc(-c4ccccc4)n3)CC2)cc1. The van der Waals surface area contributed by atoms with Crippen LogP contribution in [0.4, 0.5) is 0 Å². The van der Waals surface area contributed by atoms with Crippen LogP contribution < -0.4 is 4.89 Å². The van der Waals surface area contributed by atoms with Gasteiger partial charge in [0, 0.05) is 49.2 Å². The van der Waals surface area contributed by atoms with Gasteiger partial charge in [-0.15, -0.1) is 11.3 Å². The zero-order valence-corrected chi connectivity index (χ0v) is 19.2. The standard InChI is InChI=1S/C22H24N4O4S2/c1-30-24-32(28,29)20-9-7-18(8-10-20)22(27)26-13-11-25(12-14-26)15-19-16-31-21(23-19)17-5-3-2-4-6-17/h2-10,16,24H,11-15H2,1H3. The predicted octanol–water partition coefficient (Wildman–Crippen LogP) is 2.61. The molecule has 8 nitrogen and oxygen atoms in total. The fourth-order valence-electron chi connectivity index (χ4n) is 3.55. The van der Waals surface area contributed by atoms with Crippen molar-refractivity contribution in [3.8, 4) is 10.6 Å². The Morgan fingerprint density at radius 2 is 1.75 bits per heavy atom. The lowest BCUT2D eigenvalue weighted by Crippen LogP contribution is -2.48. The summed E-state index contributed by atoms with van der Waals surface area (Å²) < 4.78 is 23.9. The molecule has 168 valence electrons. The fourth-order valence-corrected chi connectivity index (χ4v) is 5.18. The fraction of sp³-hybridized carbons (Fsp3) is 0.273. The number of carbonyl (C=O) groups is 1. The quantitative estimate of drug-likeness (QED) is 0.532. The molecule has 1 amide bonds. The number of nitrogens with zero attached hydrogens (tertiary/aromatic N) is 3. The highest BCUT2D eigenvalue weighted by molar-refractivity contribution is 7.89. The summed E-state index contributed by atoms with van der Waals surface area (Å²) in [5.74, 6) is -0.103. The van der Waals surface area contributed by atoms with E-state index in [1.165, 1.54) is 31.4 Å². The Morgan fingerprint density at radius 1 is 1.06 bits per heavy atom. The van der Waals surface area contributed by atoms with Crippen LogP contribution in [0.1, 0.15) is 16.1 Å². The maximum atomic E-state index is 12.8. The summed E-state index contributed by atoms with van der Waals surface area (Å²) in [5, 5.41) is 3.11. The summed E-state index contributed by atoms with van der Waals surface area (Å²) in [7, 11) is -2.51. The van der Waals surface area contributed by atoms with Gasteiger partial charge in [-0.05, 0) is 24.3 Å². The highest BCUT2D eigenvalue weighted by Crippen LogP contribution is 2.24. The van der Waals surface area contributed by atoms with Crippen LogP contribution in [0, 0.1) is 0 Å². The number of sulfonamides is 1. The van der Waals surface area contributed by atoms with Gasteiger partial charge in [-0.1, -0.05) is 35.2 Å². The van der Waals surface area contributed by atoms with E-state index in [0.717, 1.165) is 35.9 Å².